The van der Waals surface area contributed by atoms with Crippen molar-refractivity contribution in [1.82, 2.24) is 4.90 Å². The molecule has 1 fully saturated rings. The highest BCUT2D eigenvalue weighted by molar-refractivity contribution is 4.88. The molecule has 0 aromatic carbocycles. The van der Waals surface area contributed by atoms with Gasteiger partial charge in [-0.15, -0.1) is 0 Å². The van der Waals surface area contributed by atoms with Crippen molar-refractivity contribution in [1.29, 1.82) is 0 Å². The van der Waals surface area contributed by atoms with Crippen molar-refractivity contribution >= 4 is 0 Å². The lowest BCUT2D eigenvalue weighted by molar-refractivity contribution is -0.000193. The van der Waals surface area contributed by atoms with E-state index in [-0.39, 0.29) is 5.60 Å². The molecule has 0 aromatic rings. The summed E-state index contributed by atoms with van der Waals surface area (Å²) >= 11 is 0. The molecule has 0 aliphatic heterocycles. The number of likely N-dealkylation sites (N-methyl/N-ethyl adjacent to an activating group) is 1. The lowest BCUT2D eigenvalue weighted by atomic mass is 10.0. The van der Waals surface area contributed by atoms with E-state index in [4.69, 9.17) is 0 Å². The SMILES string of the molecule is CCC(C)N(CC)CC1(O)CCCC1. The van der Waals surface area contributed by atoms with Crippen molar-refractivity contribution in [3.05, 3.63) is 0 Å². The second-order valence-electron chi connectivity index (χ2n) is 4.75. The first kappa shape index (κ1) is 12.0. The molecule has 84 valence electrons. The van der Waals surface area contributed by atoms with Crippen molar-refractivity contribution < 1.29 is 5.11 Å². The summed E-state index contributed by atoms with van der Waals surface area (Å²) in [5, 5.41) is 10.3. The van der Waals surface area contributed by atoms with E-state index in [0.717, 1.165) is 25.9 Å². The molecule has 0 radical (unpaired) electrons. The summed E-state index contributed by atoms with van der Waals surface area (Å²) in [5.41, 5.74) is -0.376. The standard InChI is InChI=1S/C12H25NO/c1-4-11(3)13(5-2)10-12(14)8-6-7-9-12/h11,14H,4-10H2,1-3H3. The van der Waals surface area contributed by atoms with E-state index in [1.54, 1.807) is 0 Å². The van der Waals surface area contributed by atoms with Gasteiger partial charge in [0.2, 0.25) is 0 Å². The highest BCUT2D eigenvalue weighted by atomic mass is 16.3. The molecule has 1 aliphatic carbocycles. The molecule has 1 N–H and O–H groups in total. The molecule has 0 spiro atoms. The Morgan fingerprint density at radius 1 is 1.29 bits per heavy atom. The van der Waals surface area contributed by atoms with E-state index in [1.165, 1.54) is 19.3 Å². The fraction of sp³-hybridized carbons (Fsp3) is 1.00. The third-order valence-corrected chi connectivity index (χ3v) is 3.65. The third-order valence-electron chi connectivity index (χ3n) is 3.65. The predicted molar refractivity (Wildman–Crippen MR) is 60.4 cm³/mol. The van der Waals surface area contributed by atoms with E-state index >= 15 is 0 Å². The minimum Gasteiger partial charge on any atom is -0.389 e. The highest BCUT2D eigenvalue weighted by Gasteiger charge is 2.33. The molecule has 1 atom stereocenters. The molecule has 1 saturated carbocycles. The van der Waals surface area contributed by atoms with Crippen LogP contribution in [0.2, 0.25) is 0 Å². The van der Waals surface area contributed by atoms with Crippen LogP contribution in [0.1, 0.15) is 52.9 Å². The Morgan fingerprint density at radius 2 is 1.86 bits per heavy atom. The van der Waals surface area contributed by atoms with Gasteiger partial charge < -0.3 is 5.11 Å². The zero-order valence-electron chi connectivity index (χ0n) is 9.92. The smallest absolute Gasteiger partial charge is 0.0774 e. The van der Waals surface area contributed by atoms with E-state index in [0.29, 0.717) is 6.04 Å². The molecule has 0 amide bonds. The quantitative estimate of drug-likeness (QED) is 0.735. The van der Waals surface area contributed by atoms with Crippen LogP contribution in [0.3, 0.4) is 0 Å². The average molecular weight is 199 g/mol. The monoisotopic (exact) mass is 199 g/mol. The molecular weight excluding hydrogens is 174 g/mol. The minimum absolute atomic E-state index is 0.376. The minimum atomic E-state index is -0.376. The lowest BCUT2D eigenvalue weighted by Crippen LogP contribution is -2.44. The van der Waals surface area contributed by atoms with Crippen LogP contribution in [0.25, 0.3) is 0 Å². The number of hydrogen-bond donors (Lipinski definition) is 1. The highest BCUT2D eigenvalue weighted by Crippen LogP contribution is 2.30. The van der Waals surface area contributed by atoms with Gasteiger partial charge in [-0.2, -0.15) is 0 Å². The Labute approximate surface area is 88.3 Å². The maximum absolute atomic E-state index is 10.3. The molecular formula is C12H25NO. The van der Waals surface area contributed by atoms with Crippen LogP contribution in [-0.4, -0.2) is 34.7 Å². The van der Waals surface area contributed by atoms with Gasteiger partial charge >= 0.3 is 0 Å². The van der Waals surface area contributed by atoms with Gasteiger partial charge in [-0.1, -0.05) is 26.7 Å². The molecule has 1 aliphatic rings. The van der Waals surface area contributed by atoms with Crippen LogP contribution >= 0.6 is 0 Å². The summed E-state index contributed by atoms with van der Waals surface area (Å²) in [6.45, 7) is 8.58. The van der Waals surface area contributed by atoms with Crippen LogP contribution in [0.4, 0.5) is 0 Å². The van der Waals surface area contributed by atoms with E-state index < -0.39 is 0 Å². The molecule has 2 heteroatoms. The number of aliphatic hydroxyl groups is 1. The molecule has 0 bridgehead atoms. The predicted octanol–water partition coefficient (Wildman–Crippen LogP) is 2.41. The molecule has 0 heterocycles. The normalized spacial score (nSPS) is 22.9. The summed E-state index contributed by atoms with van der Waals surface area (Å²) in [4.78, 5) is 2.41. The molecule has 14 heavy (non-hydrogen) atoms. The van der Waals surface area contributed by atoms with Crippen LogP contribution in [0, 0.1) is 0 Å². The van der Waals surface area contributed by atoms with Crippen molar-refractivity contribution in [3.8, 4) is 0 Å². The Morgan fingerprint density at radius 3 is 2.29 bits per heavy atom. The fourth-order valence-corrected chi connectivity index (χ4v) is 2.41. The van der Waals surface area contributed by atoms with Crippen molar-refractivity contribution in [2.75, 3.05) is 13.1 Å². The first-order chi connectivity index (χ1) is 6.61. The topological polar surface area (TPSA) is 23.5 Å². The van der Waals surface area contributed by atoms with E-state index in [1.807, 2.05) is 0 Å². The van der Waals surface area contributed by atoms with Crippen LogP contribution < -0.4 is 0 Å². The maximum atomic E-state index is 10.3. The molecule has 1 unspecified atom stereocenters. The Bertz CT molecular complexity index is 164. The zero-order chi connectivity index (χ0) is 10.6. The number of hydrogen-bond acceptors (Lipinski definition) is 2. The third kappa shape index (κ3) is 2.96. The van der Waals surface area contributed by atoms with Gasteiger partial charge in [0.1, 0.15) is 0 Å². The Hall–Kier alpha value is -0.0800. The zero-order valence-corrected chi connectivity index (χ0v) is 9.92. The van der Waals surface area contributed by atoms with Crippen molar-refractivity contribution in [2.24, 2.45) is 0 Å². The van der Waals surface area contributed by atoms with Crippen LogP contribution in [0.15, 0.2) is 0 Å². The molecule has 1 rings (SSSR count). The molecule has 0 aromatic heterocycles. The molecule has 0 saturated heterocycles. The van der Waals surface area contributed by atoms with Crippen molar-refractivity contribution in [3.63, 3.8) is 0 Å². The second-order valence-corrected chi connectivity index (χ2v) is 4.75. The van der Waals surface area contributed by atoms with Gasteiger partial charge in [-0.3, -0.25) is 4.90 Å². The fourth-order valence-electron chi connectivity index (χ4n) is 2.41. The lowest BCUT2D eigenvalue weighted by Gasteiger charge is -2.34. The second kappa shape index (κ2) is 5.13. The van der Waals surface area contributed by atoms with Gasteiger partial charge in [0, 0.05) is 12.6 Å². The summed E-state index contributed by atoms with van der Waals surface area (Å²) in [5.74, 6) is 0. The van der Waals surface area contributed by atoms with Gasteiger partial charge in [-0.25, -0.2) is 0 Å². The van der Waals surface area contributed by atoms with Crippen LogP contribution in [-0.2, 0) is 0 Å². The first-order valence-corrected chi connectivity index (χ1v) is 6.07. The van der Waals surface area contributed by atoms with E-state index in [9.17, 15) is 5.11 Å². The number of rotatable bonds is 5. The van der Waals surface area contributed by atoms with Gasteiger partial charge in [0.25, 0.3) is 0 Å². The van der Waals surface area contributed by atoms with Crippen LogP contribution in [0.5, 0.6) is 0 Å². The van der Waals surface area contributed by atoms with Gasteiger partial charge in [0.05, 0.1) is 5.60 Å². The van der Waals surface area contributed by atoms with Gasteiger partial charge in [0.15, 0.2) is 0 Å². The van der Waals surface area contributed by atoms with Gasteiger partial charge in [-0.05, 0) is 32.7 Å². The van der Waals surface area contributed by atoms with Crippen molar-refractivity contribution in [2.45, 2.75) is 64.5 Å². The summed E-state index contributed by atoms with van der Waals surface area (Å²) < 4.78 is 0. The Balaban J connectivity index is 2.46. The summed E-state index contributed by atoms with van der Waals surface area (Å²) in [6.07, 6.45) is 5.58. The maximum Gasteiger partial charge on any atom is 0.0774 e. The summed E-state index contributed by atoms with van der Waals surface area (Å²) in [7, 11) is 0. The Kier molecular flexibility index (Phi) is 4.39. The largest absolute Gasteiger partial charge is 0.389 e. The first-order valence-electron chi connectivity index (χ1n) is 6.07. The van der Waals surface area contributed by atoms with E-state index in [2.05, 4.69) is 25.7 Å². The molecule has 2 nitrogen and oxygen atoms in total. The average Bonchev–Trinajstić information content (AvgIpc) is 2.61. The summed E-state index contributed by atoms with van der Waals surface area (Å²) in [6, 6.07) is 0.602. The number of nitrogens with zero attached hydrogens (tertiary/aromatic N) is 1.